The molecule has 3 nitrogen and oxygen atoms in total. The second-order valence-corrected chi connectivity index (χ2v) is 6.89. The maximum Gasteiger partial charge on any atom is 0.217 e. The Labute approximate surface area is 148 Å². The van der Waals surface area contributed by atoms with Crippen molar-refractivity contribution >= 4 is 17.3 Å². The highest BCUT2D eigenvalue weighted by molar-refractivity contribution is 6.30. The van der Waals surface area contributed by atoms with Gasteiger partial charge in [0.05, 0.1) is 5.76 Å². The maximum absolute atomic E-state index is 6.58. The van der Waals surface area contributed by atoms with Crippen molar-refractivity contribution in [2.24, 2.45) is 0 Å². The van der Waals surface area contributed by atoms with E-state index in [1.165, 1.54) is 5.69 Å². The van der Waals surface area contributed by atoms with Crippen LogP contribution in [0, 0.1) is 0 Å². The molecule has 0 saturated carbocycles. The van der Waals surface area contributed by atoms with Crippen molar-refractivity contribution in [2.75, 3.05) is 31.6 Å². The molecule has 2 heterocycles. The van der Waals surface area contributed by atoms with Crippen LogP contribution in [0.25, 0.3) is 0 Å². The van der Waals surface area contributed by atoms with Crippen LogP contribution in [-0.2, 0) is 10.5 Å². The summed E-state index contributed by atoms with van der Waals surface area (Å²) in [4.78, 5) is 4.68. The highest BCUT2D eigenvalue weighted by atomic mass is 35.5. The van der Waals surface area contributed by atoms with Crippen LogP contribution in [0.5, 0.6) is 0 Å². The van der Waals surface area contributed by atoms with E-state index < -0.39 is 5.72 Å². The van der Waals surface area contributed by atoms with Crippen molar-refractivity contribution in [3.8, 4) is 0 Å². The molecule has 0 saturated heterocycles. The fourth-order valence-electron chi connectivity index (χ4n) is 3.75. The van der Waals surface area contributed by atoms with Crippen molar-refractivity contribution in [1.29, 1.82) is 0 Å². The molecule has 0 N–H and O–H groups in total. The molecule has 2 aliphatic rings. The van der Waals surface area contributed by atoms with Crippen LogP contribution in [0.4, 0.5) is 5.69 Å². The van der Waals surface area contributed by atoms with Crippen LogP contribution in [0.3, 0.4) is 0 Å². The normalized spacial score (nSPS) is 23.6. The Morgan fingerprint density at radius 1 is 1.08 bits per heavy atom. The Morgan fingerprint density at radius 3 is 2.67 bits per heavy atom. The molecule has 24 heavy (non-hydrogen) atoms. The fourth-order valence-corrected chi connectivity index (χ4v) is 3.92. The lowest BCUT2D eigenvalue weighted by molar-refractivity contribution is -0.107. The van der Waals surface area contributed by atoms with E-state index in [2.05, 4.69) is 59.3 Å². The number of rotatable bonds is 1. The molecule has 1 unspecified atom stereocenters. The van der Waals surface area contributed by atoms with Crippen LogP contribution in [0.15, 0.2) is 60.4 Å². The molecule has 0 spiro atoms. The van der Waals surface area contributed by atoms with Crippen molar-refractivity contribution in [1.82, 2.24) is 4.90 Å². The van der Waals surface area contributed by atoms with E-state index in [0.717, 1.165) is 41.5 Å². The first-order valence-electron chi connectivity index (χ1n) is 8.29. The number of halogens is 1. The van der Waals surface area contributed by atoms with Crippen LogP contribution in [0.2, 0.25) is 5.02 Å². The lowest BCUT2D eigenvalue weighted by Crippen LogP contribution is -2.51. The van der Waals surface area contributed by atoms with Gasteiger partial charge in [0.15, 0.2) is 0 Å². The predicted molar refractivity (Wildman–Crippen MR) is 98.4 cm³/mol. The van der Waals surface area contributed by atoms with Gasteiger partial charge in [0, 0.05) is 48.5 Å². The minimum absolute atomic E-state index is 0.634. The first-order chi connectivity index (χ1) is 11.6. The summed E-state index contributed by atoms with van der Waals surface area (Å²) in [6.45, 7) is 4.75. The molecule has 4 rings (SSSR count). The molecule has 0 bridgehead atoms. The van der Waals surface area contributed by atoms with Gasteiger partial charge in [-0.1, -0.05) is 41.9 Å². The maximum atomic E-state index is 6.58. The van der Waals surface area contributed by atoms with Crippen molar-refractivity contribution < 1.29 is 4.74 Å². The van der Waals surface area contributed by atoms with Gasteiger partial charge in [-0.15, -0.1) is 0 Å². The Hall–Kier alpha value is -1.97. The molecule has 1 atom stereocenters. The third-order valence-electron chi connectivity index (χ3n) is 4.96. The molecule has 0 aliphatic carbocycles. The summed E-state index contributed by atoms with van der Waals surface area (Å²) in [6, 6.07) is 16.6. The molecule has 0 aromatic heterocycles. The number of likely N-dealkylation sites (N-methyl/N-ethyl adjacent to an activating group) is 1. The number of anilines is 1. The summed E-state index contributed by atoms with van der Waals surface area (Å²) in [5, 5.41) is 0.732. The van der Waals surface area contributed by atoms with Gasteiger partial charge in [0.2, 0.25) is 5.72 Å². The summed E-state index contributed by atoms with van der Waals surface area (Å²) >= 11 is 6.39. The summed E-state index contributed by atoms with van der Waals surface area (Å²) in [5.41, 5.74) is 2.77. The second-order valence-electron chi connectivity index (χ2n) is 6.46. The average molecular weight is 341 g/mol. The smallest absolute Gasteiger partial charge is 0.217 e. The zero-order chi connectivity index (χ0) is 16.7. The van der Waals surface area contributed by atoms with E-state index >= 15 is 0 Å². The van der Waals surface area contributed by atoms with Gasteiger partial charge >= 0.3 is 0 Å². The predicted octanol–water partition coefficient (Wildman–Crippen LogP) is 4.23. The number of nitrogens with zero attached hydrogens (tertiary/aromatic N) is 2. The van der Waals surface area contributed by atoms with E-state index in [1.807, 2.05) is 19.1 Å². The highest BCUT2D eigenvalue weighted by Crippen LogP contribution is 2.47. The summed E-state index contributed by atoms with van der Waals surface area (Å²) in [7, 11) is 2.13. The average Bonchev–Trinajstić information content (AvgIpc) is 2.71. The SMILES string of the molecule is CC1=CCN2CCN(C)c3ccc(Cl)cc3C2(c2ccccc2)O1. The monoisotopic (exact) mass is 340 g/mol. The third-order valence-corrected chi connectivity index (χ3v) is 5.19. The number of fused-ring (bicyclic) bond motifs is 3. The van der Waals surface area contributed by atoms with Gasteiger partial charge in [-0.3, -0.25) is 4.90 Å². The van der Waals surface area contributed by atoms with Gasteiger partial charge in [-0.25, -0.2) is 0 Å². The third kappa shape index (κ3) is 2.31. The lowest BCUT2D eigenvalue weighted by Gasteiger charge is -2.46. The van der Waals surface area contributed by atoms with E-state index in [4.69, 9.17) is 16.3 Å². The van der Waals surface area contributed by atoms with Gasteiger partial charge in [0.1, 0.15) is 0 Å². The number of benzene rings is 2. The molecule has 2 aliphatic heterocycles. The van der Waals surface area contributed by atoms with Crippen molar-refractivity contribution in [2.45, 2.75) is 12.6 Å². The molecule has 124 valence electrons. The lowest BCUT2D eigenvalue weighted by atomic mass is 9.90. The van der Waals surface area contributed by atoms with E-state index in [1.54, 1.807) is 0 Å². The molecule has 0 amide bonds. The molecule has 0 radical (unpaired) electrons. The van der Waals surface area contributed by atoms with E-state index in [-0.39, 0.29) is 0 Å². The Morgan fingerprint density at radius 2 is 1.88 bits per heavy atom. The fraction of sp³-hybridized carbons (Fsp3) is 0.300. The molecular weight excluding hydrogens is 320 g/mol. The van der Waals surface area contributed by atoms with E-state index in [9.17, 15) is 0 Å². The first kappa shape index (κ1) is 15.6. The quantitative estimate of drug-likeness (QED) is 0.772. The molecule has 2 aromatic carbocycles. The minimum Gasteiger partial charge on any atom is -0.469 e. The molecule has 2 aromatic rings. The topological polar surface area (TPSA) is 15.7 Å². The largest absolute Gasteiger partial charge is 0.469 e. The minimum atomic E-state index is -0.634. The molecular formula is C20H21ClN2O. The summed E-state index contributed by atoms with van der Waals surface area (Å²) < 4.78 is 6.58. The number of allylic oxidation sites excluding steroid dienone is 1. The van der Waals surface area contributed by atoms with Gasteiger partial charge in [-0.05, 0) is 31.2 Å². The number of hydrogen-bond donors (Lipinski definition) is 0. The summed E-state index contributed by atoms with van der Waals surface area (Å²) in [5.74, 6) is 0.950. The number of ether oxygens (including phenoxy) is 1. The van der Waals surface area contributed by atoms with Gasteiger partial charge < -0.3 is 9.64 Å². The van der Waals surface area contributed by atoms with Crippen molar-refractivity contribution in [3.63, 3.8) is 0 Å². The Balaban J connectivity index is 2.04. The highest BCUT2D eigenvalue weighted by Gasteiger charge is 2.47. The Kier molecular flexibility index (Phi) is 3.78. The van der Waals surface area contributed by atoms with Gasteiger partial charge in [0.25, 0.3) is 0 Å². The Bertz CT molecular complexity index is 789. The van der Waals surface area contributed by atoms with Crippen LogP contribution < -0.4 is 4.90 Å². The number of hydrogen-bond acceptors (Lipinski definition) is 3. The van der Waals surface area contributed by atoms with Crippen LogP contribution in [-0.4, -0.2) is 31.6 Å². The molecule has 4 heteroatoms. The summed E-state index contributed by atoms with van der Waals surface area (Å²) in [6.07, 6.45) is 2.15. The zero-order valence-corrected chi connectivity index (χ0v) is 14.8. The standard InChI is InChI=1S/C20H21ClN2O/c1-15-10-11-23-13-12-22(2)19-9-8-17(21)14-18(19)20(23,24-15)16-6-4-3-5-7-16/h3-10,14H,11-13H2,1-2H3. The first-order valence-corrected chi connectivity index (χ1v) is 8.66. The van der Waals surface area contributed by atoms with Gasteiger partial charge in [-0.2, -0.15) is 0 Å². The van der Waals surface area contributed by atoms with Crippen LogP contribution in [0.1, 0.15) is 18.1 Å². The zero-order valence-electron chi connectivity index (χ0n) is 14.0. The van der Waals surface area contributed by atoms with E-state index in [0.29, 0.717) is 0 Å². The van der Waals surface area contributed by atoms with Crippen molar-refractivity contribution in [3.05, 3.63) is 76.5 Å². The second kappa shape index (κ2) is 5.83. The van der Waals surface area contributed by atoms with Crippen LogP contribution >= 0.6 is 11.6 Å². The molecule has 0 fully saturated rings.